The zero-order chi connectivity index (χ0) is 19.6. The van der Waals surface area contributed by atoms with E-state index in [0.717, 1.165) is 12.0 Å². The molecule has 0 heterocycles. The van der Waals surface area contributed by atoms with Crippen molar-refractivity contribution in [1.29, 1.82) is 0 Å². The van der Waals surface area contributed by atoms with Crippen LogP contribution in [-0.4, -0.2) is 32.3 Å². The zero-order valence-corrected chi connectivity index (χ0v) is 16.8. The molecule has 0 aliphatic heterocycles. The van der Waals surface area contributed by atoms with Gasteiger partial charge in [0.15, 0.2) is 11.5 Å². The fourth-order valence-electron chi connectivity index (χ4n) is 2.59. The quantitative estimate of drug-likeness (QED) is 0.647. The Morgan fingerprint density at radius 1 is 0.926 bits per heavy atom. The highest BCUT2D eigenvalue weighted by Gasteiger charge is 2.18. The smallest absolute Gasteiger partial charge is 0.251 e. The number of carbonyl (C=O) groups excluding carboxylic acids is 1. The lowest BCUT2D eigenvalue weighted by molar-refractivity contribution is 0.0953. The Labute approximate surface area is 165 Å². The highest BCUT2D eigenvalue weighted by Crippen LogP contribution is 2.39. The molecular weight excluding hydrogens is 366 g/mol. The molecule has 1 N–H and O–H groups in total. The van der Waals surface area contributed by atoms with Crippen LogP contribution in [0, 0.1) is 0 Å². The second-order valence-corrected chi connectivity index (χ2v) is 6.17. The molecule has 6 heteroatoms. The van der Waals surface area contributed by atoms with Crippen LogP contribution in [0.1, 0.15) is 36.7 Å². The summed E-state index contributed by atoms with van der Waals surface area (Å²) in [5.41, 5.74) is 1.58. The van der Waals surface area contributed by atoms with Gasteiger partial charge in [-0.15, -0.1) is 0 Å². The first-order chi connectivity index (χ1) is 13.1. The Balaban J connectivity index is 2.12. The number of hydrogen-bond acceptors (Lipinski definition) is 4. The van der Waals surface area contributed by atoms with E-state index >= 15 is 0 Å². The molecule has 0 aromatic heterocycles. The number of ether oxygens (including phenoxy) is 3. The zero-order valence-electron chi connectivity index (χ0n) is 16.0. The maximum Gasteiger partial charge on any atom is 0.251 e. The van der Waals surface area contributed by atoms with Crippen molar-refractivity contribution in [2.45, 2.75) is 27.2 Å². The number of benzene rings is 2. The van der Waals surface area contributed by atoms with Crippen LogP contribution >= 0.6 is 11.6 Å². The molecule has 2 aromatic rings. The average molecular weight is 392 g/mol. The first kappa shape index (κ1) is 20.9. The van der Waals surface area contributed by atoms with Gasteiger partial charge in [0, 0.05) is 17.1 Å². The molecule has 0 radical (unpaired) electrons. The van der Waals surface area contributed by atoms with Crippen molar-refractivity contribution in [3.05, 3.63) is 52.5 Å². The lowest BCUT2D eigenvalue weighted by atomic mass is 10.1. The van der Waals surface area contributed by atoms with Gasteiger partial charge < -0.3 is 19.5 Å². The molecule has 0 fully saturated rings. The molecule has 0 spiro atoms. The maximum atomic E-state index is 12.6. The topological polar surface area (TPSA) is 56.8 Å². The molecule has 0 saturated carbocycles. The van der Waals surface area contributed by atoms with Gasteiger partial charge in [-0.3, -0.25) is 4.79 Å². The number of carbonyl (C=O) groups is 1. The molecule has 1 amide bonds. The molecule has 0 bridgehead atoms. The highest BCUT2D eigenvalue weighted by molar-refractivity contribution is 6.30. The van der Waals surface area contributed by atoms with Gasteiger partial charge in [0.05, 0.1) is 19.8 Å². The van der Waals surface area contributed by atoms with Crippen LogP contribution in [0.15, 0.2) is 36.4 Å². The van der Waals surface area contributed by atoms with Crippen molar-refractivity contribution in [1.82, 2.24) is 5.32 Å². The lowest BCUT2D eigenvalue weighted by Gasteiger charge is -2.17. The normalized spacial score (nSPS) is 10.4. The predicted molar refractivity (Wildman–Crippen MR) is 107 cm³/mol. The average Bonchev–Trinajstić information content (AvgIpc) is 2.66. The van der Waals surface area contributed by atoms with Gasteiger partial charge in [0.2, 0.25) is 5.75 Å². The third kappa shape index (κ3) is 6.07. The molecule has 0 unspecified atom stereocenters. The summed E-state index contributed by atoms with van der Waals surface area (Å²) in [6, 6.07) is 11.0. The van der Waals surface area contributed by atoms with Gasteiger partial charge in [0.25, 0.3) is 5.91 Å². The van der Waals surface area contributed by atoms with Crippen LogP contribution in [0.25, 0.3) is 0 Å². The second kappa shape index (κ2) is 10.7. The minimum atomic E-state index is -0.186. The van der Waals surface area contributed by atoms with E-state index in [1.165, 1.54) is 0 Å². The number of hydrogen-bond donors (Lipinski definition) is 1. The molecule has 5 nitrogen and oxygen atoms in total. The fourth-order valence-corrected chi connectivity index (χ4v) is 2.72. The van der Waals surface area contributed by atoms with E-state index in [1.807, 2.05) is 45.0 Å². The second-order valence-electron chi connectivity index (χ2n) is 5.73. The van der Waals surface area contributed by atoms with Crippen molar-refractivity contribution in [3.63, 3.8) is 0 Å². The van der Waals surface area contributed by atoms with Gasteiger partial charge in [-0.05, 0) is 57.0 Å². The number of rotatable bonds is 10. The van der Waals surface area contributed by atoms with Crippen molar-refractivity contribution in [2.24, 2.45) is 0 Å². The van der Waals surface area contributed by atoms with Crippen LogP contribution in [0.5, 0.6) is 17.2 Å². The summed E-state index contributed by atoms with van der Waals surface area (Å²) < 4.78 is 17.0. The largest absolute Gasteiger partial charge is 0.490 e. The van der Waals surface area contributed by atoms with Crippen LogP contribution in [0.3, 0.4) is 0 Å². The number of halogens is 1. The van der Waals surface area contributed by atoms with E-state index in [-0.39, 0.29) is 5.91 Å². The van der Waals surface area contributed by atoms with Gasteiger partial charge in [-0.2, -0.15) is 0 Å². The third-order valence-corrected chi connectivity index (χ3v) is 4.04. The van der Waals surface area contributed by atoms with Gasteiger partial charge in [-0.1, -0.05) is 23.7 Å². The first-order valence-electron chi connectivity index (χ1n) is 9.18. The van der Waals surface area contributed by atoms with Crippen LogP contribution in [0.4, 0.5) is 0 Å². The van der Waals surface area contributed by atoms with E-state index in [1.54, 1.807) is 12.1 Å². The van der Waals surface area contributed by atoms with Crippen molar-refractivity contribution >= 4 is 17.5 Å². The Hall–Kier alpha value is -2.40. The van der Waals surface area contributed by atoms with Gasteiger partial charge in [-0.25, -0.2) is 0 Å². The Morgan fingerprint density at radius 3 is 2.00 bits per heavy atom. The van der Waals surface area contributed by atoms with Crippen LogP contribution in [0.2, 0.25) is 5.02 Å². The molecule has 0 atom stereocenters. The summed E-state index contributed by atoms with van der Waals surface area (Å²) in [6.45, 7) is 7.58. The highest BCUT2D eigenvalue weighted by atomic mass is 35.5. The summed E-state index contributed by atoms with van der Waals surface area (Å²) in [7, 11) is 0. The molecule has 0 aliphatic rings. The van der Waals surface area contributed by atoms with Crippen molar-refractivity contribution in [3.8, 4) is 17.2 Å². The van der Waals surface area contributed by atoms with E-state index in [2.05, 4.69) is 5.32 Å². The third-order valence-electron chi connectivity index (χ3n) is 3.78. The number of nitrogens with one attached hydrogen (secondary N) is 1. The van der Waals surface area contributed by atoms with E-state index in [9.17, 15) is 4.79 Å². The van der Waals surface area contributed by atoms with Crippen LogP contribution < -0.4 is 19.5 Å². The maximum absolute atomic E-state index is 12.6. The molecular formula is C21H26ClNO4. The first-order valence-corrected chi connectivity index (χ1v) is 9.55. The van der Waals surface area contributed by atoms with Crippen molar-refractivity contribution < 1.29 is 19.0 Å². The predicted octanol–water partition coefficient (Wildman–Crippen LogP) is 4.51. The molecule has 2 aromatic carbocycles. The Bertz CT molecular complexity index is 719. The van der Waals surface area contributed by atoms with Crippen molar-refractivity contribution in [2.75, 3.05) is 26.4 Å². The Morgan fingerprint density at radius 2 is 1.48 bits per heavy atom. The molecule has 2 rings (SSSR count). The molecule has 146 valence electrons. The van der Waals surface area contributed by atoms with E-state index < -0.39 is 0 Å². The summed E-state index contributed by atoms with van der Waals surface area (Å²) in [6.07, 6.45) is 0.719. The molecule has 27 heavy (non-hydrogen) atoms. The standard InChI is InChI=1S/C21H26ClNO4/c1-4-25-18-13-16(14-19(26-5-2)20(18)27-6-3)21(24)23-12-11-15-7-9-17(22)10-8-15/h7-10,13-14H,4-6,11-12H2,1-3H3,(H,23,24). The van der Waals surface area contributed by atoms with Gasteiger partial charge in [0.1, 0.15) is 0 Å². The Kier molecular flexibility index (Phi) is 8.27. The number of amides is 1. The monoisotopic (exact) mass is 391 g/mol. The summed E-state index contributed by atoms with van der Waals surface area (Å²) in [4.78, 5) is 12.6. The summed E-state index contributed by atoms with van der Waals surface area (Å²) >= 11 is 5.89. The summed E-state index contributed by atoms with van der Waals surface area (Å²) in [5.74, 6) is 1.36. The molecule has 0 saturated heterocycles. The fraction of sp³-hybridized carbons (Fsp3) is 0.381. The van der Waals surface area contributed by atoms with Crippen LogP contribution in [-0.2, 0) is 6.42 Å². The van der Waals surface area contributed by atoms with Gasteiger partial charge >= 0.3 is 0 Å². The minimum Gasteiger partial charge on any atom is -0.490 e. The SMILES string of the molecule is CCOc1cc(C(=O)NCCc2ccc(Cl)cc2)cc(OCC)c1OCC. The minimum absolute atomic E-state index is 0.186. The lowest BCUT2D eigenvalue weighted by Crippen LogP contribution is -2.25. The van der Waals surface area contributed by atoms with E-state index in [4.69, 9.17) is 25.8 Å². The summed E-state index contributed by atoms with van der Waals surface area (Å²) in [5, 5.41) is 3.63. The molecule has 0 aliphatic carbocycles. The van der Waals surface area contributed by atoms with E-state index in [0.29, 0.717) is 54.2 Å².